The van der Waals surface area contributed by atoms with E-state index in [4.69, 9.17) is 4.98 Å². The van der Waals surface area contributed by atoms with Gasteiger partial charge in [-0.2, -0.15) is 0 Å². The van der Waals surface area contributed by atoms with Crippen molar-refractivity contribution < 1.29 is 4.79 Å². The average molecular weight is 385 g/mol. The van der Waals surface area contributed by atoms with Crippen LogP contribution in [0.4, 0.5) is 0 Å². The van der Waals surface area contributed by atoms with Crippen LogP contribution in [-0.4, -0.2) is 32.5 Å². The van der Waals surface area contributed by atoms with Crippen LogP contribution in [0.3, 0.4) is 0 Å². The Bertz CT molecular complexity index is 1230. The molecule has 0 fully saturated rings. The summed E-state index contributed by atoms with van der Waals surface area (Å²) in [6, 6.07) is 11.9. The largest absolute Gasteiger partial charge is 0.355 e. The molecule has 0 radical (unpaired) electrons. The van der Waals surface area contributed by atoms with Gasteiger partial charge in [0, 0.05) is 37.1 Å². The van der Waals surface area contributed by atoms with E-state index in [1.165, 1.54) is 5.56 Å². The highest BCUT2D eigenvalue weighted by Crippen LogP contribution is 2.32. The molecule has 0 bridgehead atoms. The minimum Gasteiger partial charge on any atom is -0.355 e. The first kappa shape index (κ1) is 18.8. The van der Waals surface area contributed by atoms with Crippen molar-refractivity contribution in [2.75, 3.05) is 7.05 Å². The molecule has 0 aliphatic rings. The molecule has 0 aliphatic carbocycles. The van der Waals surface area contributed by atoms with Gasteiger partial charge in [-0.3, -0.25) is 9.78 Å². The van der Waals surface area contributed by atoms with Crippen molar-refractivity contribution in [1.29, 1.82) is 0 Å². The summed E-state index contributed by atoms with van der Waals surface area (Å²) < 4.78 is 2.11. The van der Waals surface area contributed by atoms with Gasteiger partial charge in [0.05, 0.1) is 16.7 Å². The summed E-state index contributed by atoms with van der Waals surface area (Å²) >= 11 is 0. The van der Waals surface area contributed by atoms with Crippen molar-refractivity contribution in [3.8, 4) is 22.8 Å². The van der Waals surface area contributed by atoms with Gasteiger partial charge in [0.2, 0.25) is 0 Å². The molecule has 2 aromatic carbocycles. The number of benzene rings is 2. The van der Waals surface area contributed by atoms with E-state index in [1.807, 2.05) is 18.2 Å². The van der Waals surface area contributed by atoms with Gasteiger partial charge < -0.3 is 9.88 Å². The first-order valence-corrected chi connectivity index (χ1v) is 9.64. The van der Waals surface area contributed by atoms with Crippen molar-refractivity contribution in [2.45, 2.75) is 27.3 Å². The second-order valence-electron chi connectivity index (χ2n) is 7.03. The standard InChI is InChI=1S/C23H23N5O/c1-5-28-19-9-7-16(23(29)24-4)13-18(19)27-22(28)21-20(25-10-11-26-21)17-8-6-14(2)12-15(17)3/h6-13H,5H2,1-4H3,(H,24,29). The lowest BCUT2D eigenvalue weighted by molar-refractivity contribution is 0.0963. The van der Waals surface area contributed by atoms with Crippen LogP contribution in [0.2, 0.25) is 0 Å². The summed E-state index contributed by atoms with van der Waals surface area (Å²) in [6.45, 7) is 6.96. The predicted octanol–water partition coefficient (Wildman–Crippen LogP) is 4.16. The number of imidazole rings is 1. The summed E-state index contributed by atoms with van der Waals surface area (Å²) in [5, 5.41) is 2.66. The van der Waals surface area contributed by atoms with Crippen LogP contribution >= 0.6 is 0 Å². The molecule has 6 heteroatoms. The lowest BCUT2D eigenvalue weighted by Gasteiger charge is -2.12. The number of hydrogen-bond donors (Lipinski definition) is 1. The molecule has 2 aromatic heterocycles. The highest BCUT2D eigenvalue weighted by atomic mass is 16.1. The summed E-state index contributed by atoms with van der Waals surface area (Å²) in [7, 11) is 1.62. The quantitative estimate of drug-likeness (QED) is 0.573. The number of rotatable bonds is 4. The van der Waals surface area contributed by atoms with Crippen LogP contribution in [0.25, 0.3) is 33.8 Å². The van der Waals surface area contributed by atoms with Gasteiger partial charge in [0.25, 0.3) is 5.91 Å². The molecule has 4 aromatic rings. The lowest BCUT2D eigenvalue weighted by atomic mass is 10.0. The van der Waals surface area contributed by atoms with Gasteiger partial charge in [-0.25, -0.2) is 9.97 Å². The topological polar surface area (TPSA) is 72.7 Å². The van der Waals surface area contributed by atoms with Gasteiger partial charge >= 0.3 is 0 Å². The second-order valence-corrected chi connectivity index (χ2v) is 7.03. The van der Waals surface area contributed by atoms with Crippen molar-refractivity contribution in [2.24, 2.45) is 0 Å². The Balaban J connectivity index is 1.94. The maximum atomic E-state index is 12.0. The first-order chi connectivity index (χ1) is 14.0. The molecule has 0 atom stereocenters. The lowest BCUT2D eigenvalue weighted by Crippen LogP contribution is -2.17. The fourth-order valence-electron chi connectivity index (χ4n) is 3.69. The molecule has 0 saturated heterocycles. The molecule has 0 unspecified atom stereocenters. The molecule has 146 valence electrons. The minimum atomic E-state index is -0.130. The number of hydrogen-bond acceptors (Lipinski definition) is 4. The Morgan fingerprint density at radius 2 is 1.79 bits per heavy atom. The second kappa shape index (κ2) is 7.47. The van der Waals surface area contributed by atoms with Crippen molar-refractivity contribution in [3.05, 3.63) is 65.5 Å². The molecular weight excluding hydrogens is 362 g/mol. The maximum absolute atomic E-state index is 12.0. The van der Waals surface area contributed by atoms with Gasteiger partial charge in [-0.1, -0.05) is 23.8 Å². The Kier molecular flexibility index (Phi) is 4.84. The van der Waals surface area contributed by atoms with Crippen LogP contribution in [0.1, 0.15) is 28.4 Å². The number of amides is 1. The number of nitrogens with zero attached hydrogens (tertiary/aromatic N) is 4. The molecule has 2 heterocycles. The number of nitrogens with one attached hydrogen (secondary N) is 1. The minimum absolute atomic E-state index is 0.130. The molecular formula is C23H23N5O. The van der Waals surface area contributed by atoms with Crippen LogP contribution in [0.15, 0.2) is 48.8 Å². The summed E-state index contributed by atoms with van der Waals surface area (Å²) in [4.78, 5) is 26.2. The molecule has 4 rings (SSSR count). The number of carbonyl (C=O) groups excluding carboxylic acids is 1. The Labute approximate surface area is 169 Å². The zero-order chi connectivity index (χ0) is 20.5. The molecule has 1 amide bonds. The van der Waals surface area contributed by atoms with E-state index in [0.29, 0.717) is 5.56 Å². The zero-order valence-corrected chi connectivity index (χ0v) is 17.0. The molecule has 0 saturated carbocycles. The third-order valence-corrected chi connectivity index (χ3v) is 5.10. The molecule has 6 nitrogen and oxygen atoms in total. The van der Waals surface area contributed by atoms with Crippen molar-refractivity contribution in [3.63, 3.8) is 0 Å². The van der Waals surface area contributed by atoms with Crippen LogP contribution in [-0.2, 0) is 6.54 Å². The van der Waals surface area contributed by atoms with Gasteiger partial charge in [0.15, 0.2) is 5.82 Å². The predicted molar refractivity (Wildman–Crippen MR) is 115 cm³/mol. The fraction of sp³-hybridized carbons (Fsp3) is 0.217. The van der Waals surface area contributed by atoms with E-state index < -0.39 is 0 Å². The van der Waals surface area contributed by atoms with E-state index in [1.54, 1.807) is 19.4 Å². The molecule has 0 spiro atoms. The molecule has 29 heavy (non-hydrogen) atoms. The SMILES string of the molecule is CCn1c(-c2nccnc2-c2ccc(C)cc2C)nc2cc(C(=O)NC)ccc21. The number of carbonyl (C=O) groups is 1. The number of aryl methyl sites for hydroxylation is 3. The highest BCUT2D eigenvalue weighted by Gasteiger charge is 2.19. The van der Waals surface area contributed by atoms with E-state index in [2.05, 4.69) is 58.8 Å². The Morgan fingerprint density at radius 3 is 2.48 bits per heavy atom. The van der Waals surface area contributed by atoms with E-state index in [0.717, 1.165) is 45.9 Å². The van der Waals surface area contributed by atoms with E-state index in [-0.39, 0.29) is 5.91 Å². The summed E-state index contributed by atoms with van der Waals surface area (Å²) in [5.74, 6) is 0.620. The number of aromatic nitrogens is 4. The highest BCUT2D eigenvalue weighted by molar-refractivity contribution is 5.97. The van der Waals surface area contributed by atoms with E-state index in [9.17, 15) is 4.79 Å². The molecule has 1 N–H and O–H groups in total. The van der Waals surface area contributed by atoms with Crippen LogP contribution < -0.4 is 5.32 Å². The van der Waals surface area contributed by atoms with Crippen LogP contribution in [0.5, 0.6) is 0 Å². The first-order valence-electron chi connectivity index (χ1n) is 9.64. The summed E-state index contributed by atoms with van der Waals surface area (Å²) in [5.41, 5.74) is 7.25. The normalized spacial score (nSPS) is 11.0. The van der Waals surface area contributed by atoms with Gasteiger partial charge in [-0.15, -0.1) is 0 Å². The van der Waals surface area contributed by atoms with Crippen LogP contribution in [0, 0.1) is 13.8 Å². The maximum Gasteiger partial charge on any atom is 0.251 e. The number of fused-ring (bicyclic) bond motifs is 1. The van der Waals surface area contributed by atoms with E-state index >= 15 is 0 Å². The summed E-state index contributed by atoms with van der Waals surface area (Å²) in [6.07, 6.45) is 3.40. The van der Waals surface area contributed by atoms with Gasteiger partial charge in [0.1, 0.15) is 5.69 Å². The third kappa shape index (κ3) is 3.27. The Hall–Kier alpha value is -3.54. The average Bonchev–Trinajstić information content (AvgIpc) is 3.10. The van der Waals surface area contributed by atoms with Crippen molar-refractivity contribution >= 4 is 16.9 Å². The smallest absolute Gasteiger partial charge is 0.251 e. The zero-order valence-electron chi connectivity index (χ0n) is 17.0. The Morgan fingerprint density at radius 1 is 1.03 bits per heavy atom. The van der Waals surface area contributed by atoms with Gasteiger partial charge in [-0.05, 0) is 44.5 Å². The monoisotopic (exact) mass is 385 g/mol. The van der Waals surface area contributed by atoms with Crippen molar-refractivity contribution in [1.82, 2.24) is 24.8 Å². The molecule has 0 aliphatic heterocycles. The third-order valence-electron chi connectivity index (χ3n) is 5.10. The fourth-order valence-corrected chi connectivity index (χ4v) is 3.69.